The summed E-state index contributed by atoms with van der Waals surface area (Å²) in [5.41, 5.74) is 2.59. The molecule has 2 aromatic carbocycles. The highest BCUT2D eigenvalue weighted by Crippen LogP contribution is 2.25. The lowest BCUT2D eigenvalue weighted by atomic mass is 10.1. The first-order valence-corrected chi connectivity index (χ1v) is 12.1. The zero-order chi connectivity index (χ0) is 22.6. The van der Waals surface area contributed by atoms with Gasteiger partial charge >= 0.3 is 0 Å². The standard InChI is InChI=1S/C23H22Cl2N2O3S/c1-15-6-3-7-16(2)22(15)31(29,30)14-17-8-4-11-21(27-17)23(28)26-13-12-18-19(24)9-5-10-20(18)25/h3-11H,12-14H2,1-2H3,(H,26,28). The van der Waals surface area contributed by atoms with Crippen LogP contribution in [0.1, 0.15) is 32.9 Å². The molecule has 162 valence electrons. The van der Waals surface area contributed by atoms with Gasteiger partial charge in [0.2, 0.25) is 0 Å². The van der Waals surface area contributed by atoms with Crippen LogP contribution in [0.25, 0.3) is 0 Å². The molecule has 0 unspecified atom stereocenters. The highest BCUT2D eigenvalue weighted by atomic mass is 35.5. The lowest BCUT2D eigenvalue weighted by Crippen LogP contribution is -2.27. The number of aryl methyl sites for hydroxylation is 2. The number of halogens is 2. The van der Waals surface area contributed by atoms with E-state index in [9.17, 15) is 13.2 Å². The van der Waals surface area contributed by atoms with E-state index in [0.717, 1.165) is 5.56 Å². The van der Waals surface area contributed by atoms with Gasteiger partial charge in [0, 0.05) is 16.6 Å². The van der Waals surface area contributed by atoms with Crippen LogP contribution >= 0.6 is 23.2 Å². The molecular weight excluding hydrogens is 455 g/mol. The summed E-state index contributed by atoms with van der Waals surface area (Å²) in [6, 6.07) is 15.4. The molecule has 1 N–H and O–H groups in total. The van der Waals surface area contributed by atoms with E-state index in [-0.39, 0.29) is 11.4 Å². The van der Waals surface area contributed by atoms with E-state index < -0.39 is 15.7 Å². The summed E-state index contributed by atoms with van der Waals surface area (Å²) >= 11 is 12.3. The average molecular weight is 477 g/mol. The topological polar surface area (TPSA) is 76.1 Å². The Labute approximate surface area is 192 Å². The van der Waals surface area contributed by atoms with Gasteiger partial charge in [0.1, 0.15) is 5.69 Å². The normalized spacial score (nSPS) is 11.4. The van der Waals surface area contributed by atoms with Crippen molar-refractivity contribution in [1.29, 1.82) is 0 Å². The fourth-order valence-corrected chi connectivity index (χ4v) is 5.80. The van der Waals surface area contributed by atoms with Gasteiger partial charge in [-0.05, 0) is 61.2 Å². The fourth-order valence-electron chi connectivity index (χ4n) is 3.41. The number of nitrogens with one attached hydrogen (secondary N) is 1. The number of carbonyl (C=O) groups is 1. The maximum absolute atomic E-state index is 13.0. The van der Waals surface area contributed by atoms with Gasteiger partial charge < -0.3 is 5.32 Å². The Kier molecular flexibility index (Phi) is 7.36. The van der Waals surface area contributed by atoms with E-state index in [1.807, 2.05) is 6.07 Å². The second kappa shape index (κ2) is 9.81. The first kappa shape index (κ1) is 23.3. The van der Waals surface area contributed by atoms with Gasteiger partial charge in [0.15, 0.2) is 9.84 Å². The maximum Gasteiger partial charge on any atom is 0.269 e. The van der Waals surface area contributed by atoms with Crippen molar-refractivity contribution in [2.24, 2.45) is 0 Å². The molecule has 0 radical (unpaired) electrons. The molecule has 0 spiro atoms. The van der Waals surface area contributed by atoms with Gasteiger partial charge in [-0.2, -0.15) is 0 Å². The minimum Gasteiger partial charge on any atom is -0.350 e. The molecule has 0 saturated carbocycles. The molecule has 0 fully saturated rings. The van der Waals surface area contributed by atoms with Crippen molar-refractivity contribution in [1.82, 2.24) is 10.3 Å². The average Bonchev–Trinajstić information content (AvgIpc) is 2.69. The van der Waals surface area contributed by atoms with Gasteiger partial charge in [-0.15, -0.1) is 0 Å². The molecule has 0 atom stereocenters. The molecule has 3 aromatic rings. The lowest BCUT2D eigenvalue weighted by Gasteiger charge is -2.11. The Bertz CT molecular complexity index is 1190. The number of benzene rings is 2. The summed E-state index contributed by atoms with van der Waals surface area (Å²) in [5, 5.41) is 3.85. The molecule has 31 heavy (non-hydrogen) atoms. The molecule has 0 bridgehead atoms. The second-order valence-corrected chi connectivity index (χ2v) is 9.94. The van der Waals surface area contributed by atoms with Crippen LogP contribution in [0, 0.1) is 13.8 Å². The van der Waals surface area contributed by atoms with Crippen molar-refractivity contribution < 1.29 is 13.2 Å². The smallest absolute Gasteiger partial charge is 0.269 e. The number of nitrogens with zero attached hydrogens (tertiary/aromatic N) is 1. The molecule has 3 rings (SSSR count). The van der Waals surface area contributed by atoms with Gasteiger partial charge in [-0.25, -0.2) is 13.4 Å². The van der Waals surface area contributed by atoms with Gasteiger partial charge in [0.05, 0.1) is 16.3 Å². The predicted octanol–water partition coefficient (Wildman–Crippen LogP) is 4.95. The number of sulfone groups is 1. The highest BCUT2D eigenvalue weighted by molar-refractivity contribution is 7.90. The first-order chi connectivity index (χ1) is 14.7. The van der Waals surface area contributed by atoms with Crippen molar-refractivity contribution in [2.75, 3.05) is 6.54 Å². The summed E-state index contributed by atoms with van der Waals surface area (Å²) in [4.78, 5) is 17.1. The van der Waals surface area contributed by atoms with E-state index in [2.05, 4.69) is 10.3 Å². The Balaban J connectivity index is 1.70. The zero-order valence-electron chi connectivity index (χ0n) is 17.2. The molecule has 0 aliphatic rings. The van der Waals surface area contributed by atoms with Crippen molar-refractivity contribution in [3.8, 4) is 0 Å². The van der Waals surface area contributed by atoms with Gasteiger partial charge in [-0.1, -0.05) is 53.5 Å². The number of pyridine rings is 1. The molecule has 8 heteroatoms. The van der Waals surface area contributed by atoms with E-state index in [1.165, 1.54) is 0 Å². The van der Waals surface area contributed by atoms with E-state index >= 15 is 0 Å². The summed E-state index contributed by atoms with van der Waals surface area (Å²) in [6.45, 7) is 3.85. The Morgan fingerprint density at radius 1 is 0.935 bits per heavy atom. The van der Waals surface area contributed by atoms with Crippen LogP contribution in [0.3, 0.4) is 0 Å². The highest BCUT2D eigenvalue weighted by Gasteiger charge is 2.21. The van der Waals surface area contributed by atoms with Crippen molar-refractivity contribution in [2.45, 2.75) is 30.9 Å². The van der Waals surface area contributed by atoms with Crippen LogP contribution < -0.4 is 5.32 Å². The number of hydrogen-bond acceptors (Lipinski definition) is 4. The van der Waals surface area contributed by atoms with Crippen LogP contribution in [0.2, 0.25) is 10.0 Å². The summed E-state index contributed by atoms with van der Waals surface area (Å²) in [5.74, 6) is -0.677. The van der Waals surface area contributed by atoms with Crippen molar-refractivity contribution in [3.05, 3.63) is 92.7 Å². The Morgan fingerprint density at radius 2 is 1.52 bits per heavy atom. The van der Waals surface area contributed by atoms with Crippen LogP contribution in [-0.4, -0.2) is 25.9 Å². The summed E-state index contributed by atoms with van der Waals surface area (Å²) in [6.07, 6.45) is 0.463. The summed E-state index contributed by atoms with van der Waals surface area (Å²) in [7, 11) is -3.60. The van der Waals surface area contributed by atoms with Gasteiger partial charge in [-0.3, -0.25) is 4.79 Å². The monoisotopic (exact) mass is 476 g/mol. The van der Waals surface area contributed by atoms with Crippen LogP contribution in [-0.2, 0) is 22.0 Å². The lowest BCUT2D eigenvalue weighted by molar-refractivity contribution is 0.0949. The van der Waals surface area contributed by atoms with E-state index in [1.54, 1.807) is 62.4 Å². The number of carbonyl (C=O) groups excluding carboxylic acids is 1. The van der Waals surface area contributed by atoms with Crippen LogP contribution in [0.5, 0.6) is 0 Å². The van der Waals surface area contributed by atoms with E-state index in [0.29, 0.717) is 44.7 Å². The van der Waals surface area contributed by atoms with Crippen molar-refractivity contribution in [3.63, 3.8) is 0 Å². The molecule has 0 aliphatic heterocycles. The van der Waals surface area contributed by atoms with Crippen molar-refractivity contribution >= 4 is 38.9 Å². The largest absolute Gasteiger partial charge is 0.350 e. The minimum atomic E-state index is -3.60. The first-order valence-electron chi connectivity index (χ1n) is 9.65. The molecule has 5 nitrogen and oxygen atoms in total. The van der Waals surface area contributed by atoms with Gasteiger partial charge in [0.25, 0.3) is 5.91 Å². The number of amides is 1. The molecule has 1 aromatic heterocycles. The zero-order valence-corrected chi connectivity index (χ0v) is 19.5. The Hall–Kier alpha value is -2.41. The Morgan fingerprint density at radius 3 is 2.16 bits per heavy atom. The number of hydrogen-bond donors (Lipinski definition) is 1. The maximum atomic E-state index is 13.0. The SMILES string of the molecule is Cc1cccc(C)c1S(=O)(=O)Cc1cccc(C(=O)NCCc2c(Cl)cccc2Cl)n1. The quantitative estimate of drug-likeness (QED) is 0.523. The molecule has 1 amide bonds. The molecular formula is C23H22Cl2N2O3S. The second-order valence-electron chi connectivity index (χ2n) is 7.20. The fraction of sp³-hybridized carbons (Fsp3) is 0.217. The summed E-state index contributed by atoms with van der Waals surface area (Å²) < 4.78 is 25.9. The molecule has 1 heterocycles. The third-order valence-electron chi connectivity index (χ3n) is 4.82. The van der Waals surface area contributed by atoms with Crippen LogP contribution in [0.15, 0.2) is 59.5 Å². The number of rotatable bonds is 7. The molecule has 0 saturated heterocycles. The van der Waals surface area contributed by atoms with E-state index in [4.69, 9.17) is 23.2 Å². The number of aromatic nitrogens is 1. The minimum absolute atomic E-state index is 0.152. The van der Waals surface area contributed by atoms with Crippen LogP contribution in [0.4, 0.5) is 0 Å². The molecule has 0 aliphatic carbocycles. The predicted molar refractivity (Wildman–Crippen MR) is 124 cm³/mol. The third kappa shape index (κ3) is 5.64. The third-order valence-corrected chi connectivity index (χ3v) is 7.47.